The molecule has 3 aromatic rings. The van der Waals surface area contributed by atoms with E-state index in [2.05, 4.69) is 4.98 Å². The molecule has 1 N–H and O–H groups in total. The molecule has 3 rings (SSSR count). The number of carbonyl (C=O) groups is 1. The standard InChI is InChI=1S/C20H16F4N2O2/c1-12-2-7-17-14(8-12)9-15(18(27)25-17)11-26(19(28)20(22,23)24)10-13-3-5-16(21)6-4-13/h2-9H,10-11H2,1H3,(H,25,27). The lowest BCUT2D eigenvalue weighted by molar-refractivity contribution is -0.186. The van der Waals surface area contributed by atoms with Crippen molar-refractivity contribution in [1.29, 1.82) is 0 Å². The van der Waals surface area contributed by atoms with Crippen molar-refractivity contribution in [2.45, 2.75) is 26.2 Å². The predicted molar refractivity (Wildman–Crippen MR) is 96.0 cm³/mol. The molecule has 0 saturated carbocycles. The molecule has 4 nitrogen and oxygen atoms in total. The molecule has 2 aromatic carbocycles. The zero-order chi connectivity index (χ0) is 20.5. The molecule has 0 bridgehead atoms. The summed E-state index contributed by atoms with van der Waals surface area (Å²) in [5.74, 6) is -2.61. The van der Waals surface area contributed by atoms with E-state index in [9.17, 15) is 27.2 Å². The Morgan fingerprint density at radius 3 is 2.36 bits per heavy atom. The lowest BCUT2D eigenvalue weighted by Gasteiger charge is -2.24. The molecule has 1 aromatic heterocycles. The van der Waals surface area contributed by atoms with Gasteiger partial charge in [-0.05, 0) is 48.2 Å². The van der Waals surface area contributed by atoms with Crippen molar-refractivity contribution in [2.24, 2.45) is 0 Å². The molecular weight excluding hydrogens is 376 g/mol. The number of benzene rings is 2. The summed E-state index contributed by atoms with van der Waals surface area (Å²) < 4.78 is 52.2. The van der Waals surface area contributed by atoms with Crippen LogP contribution in [-0.4, -0.2) is 22.0 Å². The quantitative estimate of drug-likeness (QED) is 0.681. The van der Waals surface area contributed by atoms with Gasteiger partial charge in [-0.1, -0.05) is 23.8 Å². The summed E-state index contributed by atoms with van der Waals surface area (Å²) in [6, 6.07) is 11.5. The fourth-order valence-corrected chi connectivity index (χ4v) is 2.88. The minimum Gasteiger partial charge on any atom is -0.326 e. The Hall–Kier alpha value is -3.16. The van der Waals surface area contributed by atoms with Crippen molar-refractivity contribution < 1.29 is 22.4 Å². The highest BCUT2D eigenvalue weighted by molar-refractivity contribution is 5.82. The van der Waals surface area contributed by atoms with E-state index in [0.717, 1.165) is 17.7 Å². The van der Waals surface area contributed by atoms with Crippen LogP contribution < -0.4 is 5.56 Å². The molecule has 0 fully saturated rings. The van der Waals surface area contributed by atoms with Crippen molar-refractivity contribution in [3.8, 4) is 0 Å². The first-order valence-electron chi connectivity index (χ1n) is 8.36. The number of halogens is 4. The van der Waals surface area contributed by atoms with Crippen LogP contribution >= 0.6 is 0 Å². The van der Waals surface area contributed by atoms with E-state index in [4.69, 9.17) is 0 Å². The first-order valence-corrected chi connectivity index (χ1v) is 8.36. The molecule has 8 heteroatoms. The number of hydrogen-bond donors (Lipinski definition) is 1. The lowest BCUT2D eigenvalue weighted by Crippen LogP contribution is -2.41. The molecule has 0 saturated heterocycles. The molecule has 146 valence electrons. The number of hydrogen-bond acceptors (Lipinski definition) is 2. The number of aryl methyl sites for hydroxylation is 1. The molecular formula is C20H16F4N2O2. The first kappa shape index (κ1) is 19.6. The van der Waals surface area contributed by atoms with Crippen LogP contribution in [0.3, 0.4) is 0 Å². The molecule has 0 atom stereocenters. The van der Waals surface area contributed by atoms with Gasteiger partial charge in [0.1, 0.15) is 5.82 Å². The molecule has 28 heavy (non-hydrogen) atoms. The number of alkyl halides is 3. The average Bonchev–Trinajstić information content (AvgIpc) is 2.62. The second kappa shape index (κ2) is 7.46. The van der Waals surface area contributed by atoms with E-state index in [1.807, 2.05) is 6.92 Å². The number of nitrogens with one attached hydrogen (secondary N) is 1. The monoisotopic (exact) mass is 392 g/mol. The number of aromatic amines is 1. The number of rotatable bonds is 4. The van der Waals surface area contributed by atoms with E-state index >= 15 is 0 Å². The fourth-order valence-electron chi connectivity index (χ4n) is 2.88. The summed E-state index contributed by atoms with van der Waals surface area (Å²) in [7, 11) is 0. The summed E-state index contributed by atoms with van der Waals surface area (Å²) in [4.78, 5) is 27.3. The van der Waals surface area contributed by atoms with Gasteiger partial charge in [-0.2, -0.15) is 13.2 Å². The van der Waals surface area contributed by atoms with E-state index in [0.29, 0.717) is 21.4 Å². The number of aromatic nitrogens is 1. The first-order chi connectivity index (χ1) is 13.1. The number of pyridine rings is 1. The van der Waals surface area contributed by atoms with Gasteiger partial charge in [-0.3, -0.25) is 9.59 Å². The van der Waals surface area contributed by atoms with Crippen molar-refractivity contribution in [3.63, 3.8) is 0 Å². The molecule has 0 unspecified atom stereocenters. The summed E-state index contributed by atoms with van der Waals surface area (Å²) in [5, 5.41) is 0.649. The second-order valence-corrected chi connectivity index (χ2v) is 6.50. The highest BCUT2D eigenvalue weighted by atomic mass is 19.4. The fraction of sp³-hybridized carbons (Fsp3) is 0.200. The number of carbonyl (C=O) groups excluding carboxylic acids is 1. The normalized spacial score (nSPS) is 11.6. The Bertz CT molecular complexity index is 1070. The van der Waals surface area contributed by atoms with Crippen LogP contribution in [0, 0.1) is 12.7 Å². The van der Waals surface area contributed by atoms with Crippen LogP contribution in [0.2, 0.25) is 0 Å². The third-order valence-corrected chi connectivity index (χ3v) is 4.25. The highest BCUT2D eigenvalue weighted by Crippen LogP contribution is 2.22. The van der Waals surface area contributed by atoms with Crippen molar-refractivity contribution in [1.82, 2.24) is 9.88 Å². The minimum atomic E-state index is -5.10. The SMILES string of the molecule is Cc1ccc2[nH]c(=O)c(CN(Cc3ccc(F)cc3)C(=O)C(F)(F)F)cc2c1. The molecule has 0 aliphatic rings. The number of nitrogens with zero attached hydrogens (tertiary/aromatic N) is 1. The average molecular weight is 392 g/mol. The zero-order valence-electron chi connectivity index (χ0n) is 14.8. The Balaban J connectivity index is 1.97. The van der Waals surface area contributed by atoms with Gasteiger partial charge in [0.25, 0.3) is 5.56 Å². The van der Waals surface area contributed by atoms with E-state index in [1.165, 1.54) is 18.2 Å². The third kappa shape index (κ3) is 4.39. The van der Waals surface area contributed by atoms with Crippen LogP contribution in [0.1, 0.15) is 16.7 Å². The van der Waals surface area contributed by atoms with Crippen LogP contribution in [0.15, 0.2) is 53.3 Å². The molecule has 0 aliphatic carbocycles. The number of fused-ring (bicyclic) bond motifs is 1. The van der Waals surface area contributed by atoms with Crippen molar-refractivity contribution in [2.75, 3.05) is 0 Å². The molecule has 0 aliphatic heterocycles. The highest BCUT2D eigenvalue weighted by Gasteiger charge is 2.42. The predicted octanol–water partition coefficient (Wildman–Crippen LogP) is 4.07. The van der Waals surface area contributed by atoms with Gasteiger partial charge in [0.15, 0.2) is 0 Å². The van der Waals surface area contributed by atoms with Gasteiger partial charge in [0.2, 0.25) is 0 Å². The van der Waals surface area contributed by atoms with Crippen LogP contribution in [0.4, 0.5) is 17.6 Å². The summed E-state index contributed by atoms with van der Waals surface area (Å²) in [6.07, 6.45) is -5.10. The number of H-pyrrole nitrogens is 1. The summed E-state index contributed by atoms with van der Waals surface area (Å²) in [5.41, 5.74) is 1.23. The second-order valence-electron chi connectivity index (χ2n) is 6.50. The molecule has 0 spiro atoms. The topological polar surface area (TPSA) is 53.2 Å². The van der Waals surface area contributed by atoms with Gasteiger partial charge < -0.3 is 9.88 Å². The van der Waals surface area contributed by atoms with Gasteiger partial charge in [-0.25, -0.2) is 4.39 Å². The Labute approximate surface area is 157 Å². The van der Waals surface area contributed by atoms with Crippen LogP contribution in [-0.2, 0) is 17.9 Å². The van der Waals surface area contributed by atoms with Crippen LogP contribution in [0.5, 0.6) is 0 Å². The van der Waals surface area contributed by atoms with Crippen molar-refractivity contribution >= 4 is 16.8 Å². The Kier molecular flexibility index (Phi) is 5.22. The van der Waals surface area contributed by atoms with Gasteiger partial charge in [0.05, 0.1) is 6.54 Å². The van der Waals surface area contributed by atoms with E-state index in [-0.39, 0.29) is 5.56 Å². The lowest BCUT2D eigenvalue weighted by atomic mass is 10.1. The Morgan fingerprint density at radius 1 is 1.04 bits per heavy atom. The summed E-state index contributed by atoms with van der Waals surface area (Å²) >= 11 is 0. The maximum absolute atomic E-state index is 13.0. The third-order valence-electron chi connectivity index (χ3n) is 4.25. The van der Waals surface area contributed by atoms with Crippen molar-refractivity contribution in [3.05, 3.63) is 81.4 Å². The summed E-state index contributed by atoms with van der Waals surface area (Å²) in [6.45, 7) is 0.900. The van der Waals surface area contributed by atoms with Gasteiger partial charge >= 0.3 is 12.1 Å². The molecule has 1 amide bonds. The largest absolute Gasteiger partial charge is 0.471 e. The van der Waals surface area contributed by atoms with Crippen LogP contribution in [0.25, 0.3) is 10.9 Å². The minimum absolute atomic E-state index is 0.0258. The van der Waals surface area contributed by atoms with Gasteiger partial charge in [-0.15, -0.1) is 0 Å². The maximum Gasteiger partial charge on any atom is 0.471 e. The zero-order valence-corrected chi connectivity index (χ0v) is 14.8. The molecule has 1 heterocycles. The maximum atomic E-state index is 13.0. The molecule has 0 radical (unpaired) electrons. The van der Waals surface area contributed by atoms with Gasteiger partial charge in [0, 0.05) is 17.6 Å². The number of amides is 1. The van der Waals surface area contributed by atoms with E-state index < -0.39 is 36.5 Å². The smallest absolute Gasteiger partial charge is 0.326 e. The Morgan fingerprint density at radius 2 is 1.71 bits per heavy atom. The van der Waals surface area contributed by atoms with E-state index in [1.54, 1.807) is 18.2 Å².